The highest BCUT2D eigenvalue weighted by atomic mass is 79.9. The van der Waals surface area contributed by atoms with Gasteiger partial charge in [0.05, 0.1) is 0 Å². The largest absolute Gasteiger partial charge is 0.352 e. The molecule has 0 bridgehead atoms. The quantitative estimate of drug-likeness (QED) is 0.229. The second-order valence-corrected chi connectivity index (χ2v) is 11.2. The van der Waals surface area contributed by atoms with Crippen LogP contribution in [0.4, 0.5) is 0 Å². The zero-order valence-electron chi connectivity index (χ0n) is 20.6. The number of nitrogens with one attached hydrogen (secondary N) is 1. The number of benzene rings is 3. The van der Waals surface area contributed by atoms with E-state index in [4.69, 9.17) is 11.6 Å². The van der Waals surface area contributed by atoms with Crippen LogP contribution in [0.5, 0.6) is 0 Å². The van der Waals surface area contributed by atoms with E-state index in [1.54, 1.807) is 16.7 Å². The maximum absolute atomic E-state index is 13.7. The van der Waals surface area contributed by atoms with Gasteiger partial charge in [0.15, 0.2) is 0 Å². The molecular formula is C29H32BrClN2O2S. The first-order valence-corrected chi connectivity index (χ1v) is 14.3. The van der Waals surface area contributed by atoms with Crippen molar-refractivity contribution in [3.63, 3.8) is 0 Å². The van der Waals surface area contributed by atoms with Gasteiger partial charge in [-0.1, -0.05) is 76.9 Å². The minimum absolute atomic E-state index is 0.0269. The smallest absolute Gasteiger partial charge is 0.243 e. The van der Waals surface area contributed by atoms with Gasteiger partial charge in [0.1, 0.15) is 6.04 Å². The van der Waals surface area contributed by atoms with E-state index in [0.29, 0.717) is 30.2 Å². The summed E-state index contributed by atoms with van der Waals surface area (Å²) in [4.78, 5) is 30.0. The van der Waals surface area contributed by atoms with E-state index in [1.807, 2.05) is 92.7 Å². The molecule has 0 fully saturated rings. The Morgan fingerprint density at radius 2 is 1.69 bits per heavy atom. The maximum Gasteiger partial charge on any atom is 0.243 e. The molecule has 2 amide bonds. The van der Waals surface area contributed by atoms with E-state index in [1.165, 1.54) is 0 Å². The van der Waals surface area contributed by atoms with E-state index < -0.39 is 6.04 Å². The van der Waals surface area contributed by atoms with Gasteiger partial charge in [0, 0.05) is 45.6 Å². The Morgan fingerprint density at radius 3 is 2.36 bits per heavy atom. The molecule has 0 aliphatic heterocycles. The lowest BCUT2D eigenvalue weighted by molar-refractivity contribution is -0.141. The van der Waals surface area contributed by atoms with Gasteiger partial charge in [0.2, 0.25) is 11.8 Å². The Bertz CT molecular complexity index is 1130. The van der Waals surface area contributed by atoms with Crippen molar-refractivity contribution in [2.75, 3.05) is 5.75 Å². The predicted molar refractivity (Wildman–Crippen MR) is 153 cm³/mol. The zero-order valence-corrected chi connectivity index (χ0v) is 23.8. The molecule has 0 aromatic heterocycles. The molecule has 0 saturated carbocycles. The van der Waals surface area contributed by atoms with Gasteiger partial charge in [-0.15, -0.1) is 11.8 Å². The second-order valence-electron chi connectivity index (χ2n) is 8.73. The molecule has 3 aromatic rings. The average molecular weight is 588 g/mol. The Labute approximate surface area is 231 Å². The number of carbonyl (C=O) groups is 2. The molecule has 190 valence electrons. The third-order valence-corrected chi connectivity index (χ3v) is 7.67. The lowest BCUT2D eigenvalue weighted by Gasteiger charge is -2.32. The average Bonchev–Trinajstić information content (AvgIpc) is 2.87. The minimum Gasteiger partial charge on any atom is -0.352 e. The Balaban J connectivity index is 1.85. The molecule has 0 aliphatic rings. The van der Waals surface area contributed by atoms with E-state index in [2.05, 4.69) is 21.2 Å². The first-order chi connectivity index (χ1) is 17.4. The Kier molecular flexibility index (Phi) is 11.4. The summed E-state index contributed by atoms with van der Waals surface area (Å²) in [6.45, 7) is 4.38. The molecule has 3 aromatic carbocycles. The van der Waals surface area contributed by atoms with E-state index in [0.717, 1.165) is 26.9 Å². The third kappa shape index (κ3) is 8.99. The highest BCUT2D eigenvalue weighted by molar-refractivity contribution is 9.10. The Morgan fingerprint density at radius 1 is 1.00 bits per heavy atom. The van der Waals surface area contributed by atoms with Gasteiger partial charge in [-0.3, -0.25) is 9.59 Å². The molecule has 7 heteroatoms. The van der Waals surface area contributed by atoms with Crippen LogP contribution in [0.15, 0.2) is 88.2 Å². The van der Waals surface area contributed by atoms with Crippen molar-refractivity contribution in [1.82, 2.24) is 10.2 Å². The molecule has 4 nitrogen and oxygen atoms in total. The number of halogens is 2. The predicted octanol–water partition coefficient (Wildman–Crippen LogP) is 7.14. The molecule has 0 radical (unpaired) electrons. The van der Waals surface area contributed by atoms with Crippen molar-refractivity contribution in [1.29, 1.82) is 0 Å². The summed E-state index contributed by atoms with van der Waals surface area (Å²) in [5, 5.41) is 3.80. The topological polar surface area (TPSA) is 49.4 Å². The molecule has 1 N–H and O–H groups in total. The summed E-state index contributed by atoms with van der Waals surface area (Å²) in [6.07, 6.45) is 1.59. The fourth-order valence-corrected chi connectivity index (χ4v) is 5.17. The number of hydrogen-bond acceptors (Lipinski definition) is 3. The zero-order chi connectivity index (χ0) is 25.9. The van der Waals surface area contributed by atoms with Crippen molar-refractivity contribution in [3.05, 3.63) is 99.5 Å². The van der Waals surface area contributed by atoms with Crippen LogP contribution in [0.3, 0.4) is 0 Å². The molecular weight excluding hydrogens is 556 g/mol. The fraction of sp³-hybridized carbons (Fsp3) is 0.310. The van der Waals surface area contributed by atoms with Gasteiger partial charge in [-0.25, -0.2) is 0 Å². The Hall–Kier alpha value is -2.28. The highest BCUT2D eigenvalue weighted by Gasteiger charge is 2.30. The number of hydrogen-bond donors (Lipinski definition) is 1. The van der Waals surface area contributed by atoms with E-state index >= 15 is 0 Å². The van der Waals surface area contributed by atoms with Gasteiger partial charge < -0.3 is 10.2 Å². The van der Waals surface area contributed by atoms with Crippen LogP contribution < -0.4 is 5.32 Å². The van der Waals surface area contributed by atoms with Crippen molar-refractivity contribution >= 4 is 51.1 Å². The third-order valence-electron chi connectivity index (χ3n) is 5.91. The standard InChI is InChI=1S/C29H32BrClN2O2S/c1-3-21(2)32-29(35)27(19-22-8-5-4-6-9-22)33(20-23-10-7-11-24(30)18-23)28(34)16-17-36-26-14-12-25(31)13-15-26/h4-15,18,21,27H,3,16-17,19-20H2,1-2H3,(H,32,35)/t21-,27-/m1/s1. The first-order valence-electron chi connectivity index (χ1n) is 12.1. The van der Waals surface area contributed by atoms with Crippen molar-refractivity contribution in [2.45, 2.75) is 56.6 Å². The van der Waals surface area contributed by atoms with E-state index in [-0.39, 0.29) is 17.9 Å². The lowest BCUT2D eigenvalue weighted by Crippen LogP contribution is -2.52. The number of carbonyl (C=O) groups excluding carboxylic acids is 2. The molecule has 2 atom stereocenters. The minimum atomic E-state index is -0.617. The van der Waals surface area contributed by atoms with Gasteiger partial charge >= 0.3 is 0 Å². The molecule has 0 aliphatic carbocycles. The monoisotopic (exact) mass is 586 g/mol. The van der Waals surface area contributed by atoms with Crippen LogP contribution in [0.1, 0.15) is 37.8 Å². The summed E-state index contributed by atoms with van der Waals surface area (Å²) >= 11 is 11.1. The van der Waals surface area contributed by atoms with Crippen LogP contribution >= 0.6 is 39.3 Å². The van der Waals surface area contributed by atoms with Crippen LogP contribution in [0.2, 0.25) is 5.02 Å². The van der Waals surface area contributed by atoms with Crippen LogP contribution in [-0.4, -0.2) is 34.6 Å². The second kappa shape index (κ2) is 14.5. The van der Waals surface area contributed by atoms with Crippen LogP contribution in [0.25, 0.3) is 0 Å². The van der Waals surface area contributed by atoms with Crippen molar-refractivity contribution < 1.29 is 9.59 Å². The van der Waals surface area contributed by atoms with E-state index in [9.17, 15) is 9.59 Å². The van der Waals surface area contributed by atoms with Gasteiger partial charge in [-0.2, -0.15) is 0 Å². The SMILES string of the molecule is CC[C@@H](C)NC(=O)[C@@H](Cc1ccccc1)N(Cc1cccc(Br)c1)C(=O)CCSc1ccc(Cl)cc1. The van der Waals surface area contributed by atoms with Crippen LogP contribution in [-0.2, 0) is 22.6 Å². The summed E-state index contributed by atoms with van der Waals surface area (Å²) in [6, 6.07) is 24.8. The van der Waals surface area contributed by atoms with Crippen molar-refractivity contribution in [2.24, 2.45) is 0 Å². The normalized spacial score (nSPS) is 12.6. The summed E-state index contributed by atoms with van der Waals surface area (Å²) in [7, 11) is 0. The summed E-state index contributed by atoms with van der Waals surface area (Å²) in [5.41, 5.74) is 1.99. The molecule has 0 saturated heterocycles. The van der Waals surface area contributed by atoms with Gasteiger partial charge in [-0.05, 0) is 60.9 Å². The number of nitrogens with zero attached hydrogens (tertiary/aromatic N) is 1. The summed E-state index contributed by atoms with van der Waals surface area (Å²) < 4.78 is 0.939. The number of thioether (sulfide) groups is 1. The molecule has 3 rings (SSSR count). The molecule has 36 heavy (non-hydrogen) atoms. The first kappa shape index (κ1) is 28.3. The highest BCUT2D eigenvalue weighted by Crippen LogP contribution is 2.23. The fourth-order valence-electron chi connectivity index (χ4n) is 3.76. The lowest BCUT2D eigenvalue weighted by atomic mass is 10.0. The molecule has 0 spiro atoms. The van der Waals surface area contributed by atoms with Gasteiger partial charge in [0.25, 0.3) is 0 Å². The number of rotatable bonds is 12. The van der Waals surface area contributed by atoms with Crippen molar-refractivity contribution in [3.8, 4) is 0 Å². The summed E-state index contributed by atoms with van der Waals surface area (Å²) in [5.74, 6) is 0.444. The maximum atomic E-state index is 13.7. The molecule has 0 heterocycles. The molecule has 0 unspecified atom stereocenters. The number of amides is 2. The van der Waals surface area contributed by atoms with Crippen LogP contribution in [0, 0.1) is 0 Å².